The van der Waals surface area contributed by atoms with Gasteiger partial charge in [-0.3, -0.25) is 8.97 Å². The van der Waals surface area contributed by atoms with Gasteiger partial charge in [0.05, 0.1) is 39.1 Å². The molecule has 1 N–H and O–H groups in total. The zero-order valence-electron chi connectivity index (χ0n) is 26.3. The predicted octanol–water partition coefficient (Wildman–Crippen LogP) is 9.01. The number of hydrogen-bond acceptors (Lipinski definition) is 6. The second-order valence-corrected chi connectivity index (χ2v) is 13.6. The van der Waals surface area contributed by atoms with Crippen molar-refractivity contribution in [3.05, 3.63) is 96.2 Å². The van der Waals surface area contributed by atoms with Crippen LogP contribution in [0.3, 0.4) is 0 Å². The molecule has 0 saturated carbocycles. The third-order valence-corrected chi connectivity index (χ3v) is 8.36. The van der Waals surface area contributed by atoms with E-state index in [1.54, 1.807) is 12.3 Å². The van der Waals surface area contributed by atoms with Gasteiger partial charge in [-0.15, -0.1) is 0 Å². The molecular formula is C37H32N5O3Pt-. The van der Waals surface area contributed by atoms with E-state index in [4.69, 9.17) is 19.1 Å². The first-order valence-corrected chi connectivity index (χ1v) is 15.0. The molecule has 0 unspecified atom stereocenters. The normalized spacial score (nSPS) is 12.5. The number of phenols is 1. The molecule has 0 radical (unpaired) electrons. The van der Waals surface area contributed by atoms with Gasteiger partial charge in [0.15, 0.2) is 0 Å². The number of fused-ring (bicyclic) bond motifs is 8. The summed E-state index contributed by atoms with van der Waals surface area (Å²) in [6, 6.07) is 27.3. The minimum absolute atomic E-state index is 0. The molecule has 0 saturated heterocycles. The summed E-state index contributed by atoms with van der Waals surface area (Å²) in [5.41, 5.74) is 6.59. The van der Waals surface area contributed by atoms with Gasteiger partial charge in [0.1, 0.15) is 11.5 Å². The van der Waals surface area contributed by atoms with Gasteiger partial charge in [-0.2, -0.15) is 4.98 Å². The Kier molecular flexibility index (Phi) is 6.80. The predicted molar refractivity (Wildman–Crippen MR) is 177 cm³/mol. The minimum atomic E-state index is -0.197. The van der Waals surface area contributed by atoms with Crippen LogP contribution in [0.15, 0.2) is 83.4 Å². The number of aromatic nitrogens is 5. The maximum atomic E-state index is 10.9. The fraction of sp³-hybridized carbons (Fsp3) is 0.216. The van der Waals surface area contributed by atoms with Crippen LogP contribution in [0, 0.1) is 6.07 Å². The van der Waals surface area contributed by atoms with Gasteiger partial charge in [-0.05, 0) is 69.9 Å². The molecule has 8 rings (SSSR count). The SMILES string of the molecule is CC(C)(C)c1cc(Oc2[c-]c3c(nc2)oc2c(C(C)(C)C)ccc(O)c23)nc(-n2c3ccccc3n3c4ccccc4nc23)c1.[Pt]. The number of ether oxygens (including phenoxy) is 1. The van der Waals surface area contributed by atoms with E-state index in [1.165, 1.54) is 0 Å². The number of hydrogen-bond donors (Lipinski definition) is 1. The summed E-state index contributed by atoms with van der Waals surface area (Å²) in [5, 5.41) is 12.0. The molecule has 234 valence electrons. The van der Waals surface area contributed by atoms with Gasteiger partial charge in [-0.25, -0.2) is 4.98 Å². The van der Waals surface area contributed by atoms with E-state index in [0.717, 1.165) is 39.0 Å². The van der Waals surface area contributed by atoms with Crippen molar-refractivity contribution >= 4 is 49.9 Å². The van der Waals surface area contributed by atoms with Crippen LogP contribution in [0.5, 0.6) is 17.4 Å². The summed E-state index contributed by atoms with van der Waals surface area (Å²) in [7, 11) is 0. The van der Waals surface area contributed by atoms with Gasteiger partial charge in [0.2, 0.25) is 11.7 Å². The second-order valence-electron chi connectivity index (χ2n) is 13.6. The van der Waals surface area contributed by atoms with Crippen LogP contribution in [0.25, 0.3) is 55.7 Å². The third kappa shape index (κ3) is 4.66. The summed E-state index contributed by atoms with van der Waals surface area (Å²) < 4.78 is 16.8. The molecule has 0 bridgehead atoms. The number of para-hydroxylation sites is 4. The van der Waals surface area contributed by atoms with Gasteiger partial charge in [0.25, 0.3) is 0 Å². The van der Waals surface area contributed by atoms with Crippen molar-refractivity contribution in [3.8, 4) is 23.2 Å². The second kappa shape index (κ2) is 10.4. The summed E-state index contributed by atoms with van der Waals surface area (Å²) in [5.74, 6) is 2.33. The van der Waals surface area contributed by atoms with Gasteiger partial charge >= 0.3 is 0 Å². The Bertz CT molecular complexity index is 2460. The summed E-state index contributed by atoms with van der Waals surface area (Å²) in [4.78, 5) is 14.6. The molecule has 8 aromatic rings. The van der Waals surface area contributed by atoms with E-state index in [9.17, 15) is 5.11 Å². The van der Waals surface area contributed by atoms with E-state index in [1.807, 2.05) is 42.5 Å². The number of phenolic OH excluding ortho intramolecular Hbond substituents is 1. The topological polar surface area (TPSA) is 90.6 Å². The Balaban J connectivity index is 0.00000338. The molecule has 8 nitrogen and oxygen atoms in total. The smallest absolute Gasteiger partial charge is 0.221 e. The van der Waals surface area contributed by atoms with Gasteiger partial charge < -0.3 is 19.2 Å². The number of aromatic hydroxyl groups is 1. The number of furan rings is 1. The first-order valence-electron chi connectivity index (χ1n) is 15.0. The van der Waals surface area contributed by atoms with Crippen molar-refractivity contribution in [1.82, 2.24) is 23.9 Å². The van der Waals surface area contributed by atoms with E-state index in [-0.39, 0.29) is 37.6 Å². The maximum Gasteiger partial charge on any atom is 0.221 e. The standard InChI is InChI=1S/C37H32N5O3.Pt/c1-36(2,3)21-17-30(42-28-14-10-9-13-27(28)41-26-12-8-7-11-25(26)39-35(41)42)40-31(18-21)44-22-19-23-32-29(43)16-15-24(37(4,5)6)33(32)45-34(23)38-20-22;/h7-18,20,43H,1-6H3;/q-1;. The fourth-order valence-electron chi connectivity index (χ4n) is 6.08. The molecule has 0 amide bonds. The van der Waals surface area contributed by atoms with Crippen LogP contribution in [-0.4, -0.2) is 29.0 Å². The molecule has 0 aliphatic heterocycles. The monoisotopic (exact) mass is 789 g/mol. The average molecular weight is 790 g/mol. The molecule has 0 aliphatic carbocycles. The Morgan fingerprint density at radius 3 is 2.28 bits per heavy atom. The van der Waals surface area contributed by atoms with Crippen LogP contribution in [0.4, 0.5) is 0 Å². The minimum Gasteiger partial charge on any atom is -0.517 e. The molecule has 0 fully saturated rings. The van der Waals surface area contributed by atoms with Crippen LogP contribution in [-0.2, 0) is 31.9 Å². The molecule has 5 heterocycles. The molecule has 9 heteroatoms. The van der Waals surface area contributed by atoms with Crippen molar-refractivity contribution < 1.29 is 35.3 Å². The number of pyridine rings is 2. The largest absolute Gasteiger partial charge is 0.517 e. The molecule has 0 spiro atoms. The van der Waals surface area contributed by atoms with Crippen molar-refractivity contribution in [2.45, 2.75) is 52.4 Å². The zero-order valence-corrected chi connectivity index (χ0v) is 28.6. The molecule has 0 aliphatic rings. The van der Waals surface area contributed by atoms with E-state index < -0.39 is 0 Å². The first-order chi connectivity index (χ1) is 21.5. The van der Waals surface area contributed by atoms with Crippen LogP contribution in [0.1, 0.15) is 52.7 Å². The average Bonchev–Trinajstić information content (AvgIpc) is 3.65. The molecule has 46 heavy (non-hydrogen) atoms. The van der Waals surface area contributed by atoms with Crippen LogP contribution >= 0.6 is 0 Å². The summed E-state index contributed by atoms with van der Waals surface area (Å²) in [6.07, 6.45) is 1.58. The maximum absolute atomic E-state index is 10.9. The van der Waals surface area contributed by atoms with Gasteiger partial charge in [-0.1, -0.05) is 83.3 Å². The molecular weight excluding hydrogens is 758 g/mol. The summed E-state index contributed by atoms with van der Waals surface area (Å²) in [6.45, 7) is 12.8. The molecule has 3 aromatic carbocycles. The van der Waals surface area contributed by atoms with Crippen molar-refractivity contribution in [2.24, 2.45) is 0 Å². The summed E-state index contributed by atoms with van der Waals surface area (Å²) >= 11 is 0. The fourth-order valence-corrected chi connectivity index (χ4v) is 6.08. The molecule has 5 aromatic heterocycles. The Labute approximate surface area is 279 Å². The number of benzene rings is 3. The molecule has 0 atom stereocenters. The van der Waals surface area contributed by atoms with Crippen LogP contribution < -0.4 is 4.74 Å². The quantitative estimate of drug-likeness (QED) is 0.180. The number of imidazole rings is 2. The van der Waals surface area contributed by atoms with Gasteiger partial charge in [0, 0.05) is 27.1 Å². The van der Waals surface area contributed by atoms with Crippen molar-refractivity contribution in [2.75, 3.05) is 0 Å². The third-order valence-electron chi connectivity index (χ3n) is 8.36. The van der Waals surface area contributed by atoms with E-state index in [2.05, 4.69) is 85.8 Å². The number of nitrogens with zero attached hydrogens (tertiary/aromatic N) is 5. The van der Waals surface area contributed by atoms with E-state index >= 15 is 0 Å². The first kappa shape index (κ1) is 30.0. The Hall–Kier alpha value is -4.68. The Morgan fingerprint density at radius 1 is 0.826 bits per heavy atom. The van der Waals surface area contributed by atoms with Crippen LogP contribution in [0.2, 0.25) is 0 Å². The zero-order chi connectivity index (χ0) is 31.2. The van der Waals surface area contributed by atoms with Crippen molar-refractivity contribution in [3.63, 3.8) is 0 Å². The van der Waals surface area contributed by atoms with E-state index in [0.29, 0.717) is 39.5 Å². The number of rotatable bonds is 3. The van der Waals surface area contributed by atoms with Crippen molar-refractivity contribution in [1.29, 1.82) is 0 Å². The Morgan fingerprint density at radius 2 is 1.54 bits per heavy atom.